The molecular weight excluding hydrogens is 214 g/mol. The average molecular weight is 233 g/mol. The van der Waals surface area contributed by atoms with E-state index in [-0.39, 0.29) is 5.91 Å². The van der Waals surface area contributed by atoms with Crippen LogP contribution in [0.3, 0.4) is 0 Å². The van der Waals surface area contributed by atoms with E-state index in [0.717, 1.165) is 5.92 Å². The number of carbonyl (C=O) groups excluding carboxylic acids is 1. The summed E-state index contributed by atoms with van der Waals surface area (Å²) in [4.78, 5) is 15.9. The maximum atomic E-state index is 11.7. The number of nitrogens with zero attached hydrogens (tertiary/aromatic N) is 1. The number of pyridine rings is 1. The number of aromatic nitrogens is 1. The van der Waals surface area contributed by atoms with Crippen LogP contribution in [0.1, 0.15) is 36.5 Å². The molecule has 92 valence electrons. The molecule has 1 aromatic rings. The summed E-state index contributed by atoms with van der Waals surface area (Å²) in [6, 6.07) is 4.07. The fourth-order valence-corrected chi connectivity index (χ4v) is 2.13. The first kappa shape index (κ1) is 11.9. The van der Waals surface area contributed by atoms with Crippen LogP contribution < -0.4 is 10.6 Å². The minimum atomic E-state index is -0.0895. The van der Waals surface area contributed by atoms with Gasteiger partial charge < -0.3 is 10.6 Å². The van der Waals surface area contributed by atoms with Gasteiger partial charge in [-0.25, -0.2) is 4.98 Å². The molecule has 0 radical (unpaired) electrons. The molecule has 1 aliphatic rings. The van der Waals surface area contributed by atoms with E-state index < -0.39 is 0 Å². The molecule has 4 heteroatoms. The van der Waals surface area contributed by atoms with Gasteiger partial charge in [0.05, 0.1) is 5.56 Å². The minimum Gasteiger partial charge on any atom is -0.366 e. The van der Waals surface area contributed by atoms with Gasteiger partial charge in [-0.15, -0.1) is 0 Å². The summed E-state index contributed by atoms with van der Waals surface area (Å²) < 4.78 is 0. The third-order valence-electron chi connectivity index (χ3n) is 3.18. The van der Waals surface area contributed by atoms with Gasteiger partial charge in [0.2, 0.25) is 0 Å². The molecule has 4 nitrogen and oxygen atoms in total. The third-order valence-corrected chi connectivity index (χ3v) is 3.18. The van der Waals surface area contributed by atoms with E-state index in [1.165, 1.54) is 19.3 Å². The molecule has 1 aromatic heterocycles. The van der Waals surface area contributed by atoms with Gasteiger partial charge in [-0.05, 0) is 30.9 Å². The van der Waals surface area contributed by atoms with Crippen LogP contribution in [0, 0.1) is 5.92 Å². The quantitative estimate of drug-likeness (QED) is 0.818. The second-order valence-electron chi connectivity index (χ2n) is 4.51. The summed E-state index contributed by atoms with van der Waals surface area (Å²) >= 11 is 0. The van der Waals surface area contributed by atoms with Gasteiger partial charge in [0.15, 0.2) is 0 Å². The van der Waals surface area contributed by atoms with Gasteiger partial charge in [0, 0.05) is 19.3 Å². The molecule has 0 bridgehead atoms. The number of hydrogen-bond acceptors (Lipinski definition) is 3. The zero-order chi connectivity index (χ0) is 12.3. The molecule has 2 rings (SSSR count). The van der Waals surface area contributed by atoms with Crippen molar-refractivity contribution in [2.24, 2.45) is 5.92 Å². The standard InChI is InChI=1S/C13H19N3O/c1-3-5-9-8-11(9)16-12-10(13(17)14-2)6-4-7-15-12/h4,6-7,9,11H,3,5,8H2,1-2H3,(H,14,17)(H,15,16). The lowest BCUT2D eigenvalue weighted by atomic mass is 10.2. The van der Waals surface area contributed by atoms with Gasteiger partial charge in [-0.2, -0.15) is 0 Å². The highest BCUT2D eigenvalue weighted by Crippen LogP contribution is 2.37. The van der Waals surface area contributed by atoms with Crippen LogP contribution in [0.5, 0.6) is 0 Å². The van der Waals surface area contributed by atoms with E-state index in [0.29, 0.717) is 17.4 Å². The maximum absolute atomic E-state index is 11.7. The Kier molecular flexibility index (Phi) is 3.61. The van der Waals surface area contributed by atoms with Crippen LogP contribution in [0.2, 0.25) is 0 Å². The second kappa shape index (κ2) is 5.17. The summed E-state index contributed by atoms with van der Waals surface area (Å²) in [5.41, 5.74) is 0.622. The van der Waals surface area contributed by atoms with Crippen molar-refractivity contribution in [1.29, 1.82) is 0 Å². The molecule has 1 heterocycles. The monoisotopic (exact) mass is 233 g/mol. The van der Waals surface area contributed by atoms with Gasteiger partial charge in [0.1, 0.15) is 5.82 Å². The Balaban J connectivity index is 2.04. The van der Waals surface area contributed by atoms with E-state index in [1.54, 1.807) is 25.4 Å². The molecule has 2 unspecified atom stereocenters. The summed E-state index contributed by atoms with van der Waals surface area (Å²) in [5, 5.41) is 6.00. The lowest BCUT2D eigenvalue weighted by Crippen LogP contribution is -2.21. The maximum Gasteiger partial charge on any atom is 0.254 e. The van der Waals surface area contributed by atoms with Gasteiger partial charge in [0.25, 0.3) is 5.91 Å². The highest BCUT2D eigenvalue weighted by atomic mass is 16.1. The van der Waals surface area contributed by atoms with E-state index in [2.05, 4.69) is 22.5 Å². The molecule has 1 aliphatic carbocycles. The van der Waals surface area contributed by atoms with Crippen molar-refractivity contribution in [1.82, 2.24) is 10.3 Å². The molecule has 0 saturated heterocycles. The average Bonchev–Trinajstić information content (AvgIpc) is 3.07. The normalized spacial score (nSPS) is 22.0. The largest absolute Gasteiger partial charge is 0.366 e. The number of nitrogens with one attached hydrogen (secondary N) is 2. The highest BCUT2D eigenvalue weighted by molar-refractivity contribution is 5.98. The number of amides is 1. The third kappa shape index (κ3) is 2.75. The fraction of sp³-hybridized carbons (Fsp3) is 0.538. The SMILES string of the molecule is CCCC1CC1Nc1ncccc1C(=O)NC. The Morgan fingerprint density at radius 1 is 1.59 bits per heavy atom. The molecule has 17 heavy (non-hydrogen) atoms. The van der Waals surface area contributed by atoms with Crippen molar-refractivity contribution in [3.63, 3.8) is 0 Å². The molecule has 2 atom stereocenters. The molecular formula is C13H19N3O. The first-order valence-corrected chi connectivity index (χ1v) is 6.20. The van der Waals surface area contributed by atoms with Gasteiger partial charge >= 0.3 is 0 Å². The second-order valence-corrected chi connectivity index (χ2v) is 4.51. The summed E-state index contributed by atoms with van der Waals surface area (Å²) in [5.74, 6) is 1.36. The Labute approximate surface area is 102 Å². The molecule has 0 aliphatic heterocycles. The summed E-state index contributed by atoms with van der Waals surface area (Å²) in [6.07, 6.45) is 5.37. The molecule has 1 fully saturated rings. The number of anilines is 1. The molecule has 1 saturated carbocycles. The van der Waals surface area contributed by atoms with Crippen LogP contribution in [0.25, 0.3) is 0 Å². The predicted octanol–water partition coefficient (Wildman–Crippen LogP) is 2.04. The van der Waals surface area contributed by atoms with Crippen LogP contribution in [-0.4, -0.2) is 24.0 Å². The molecule has 1 amide bonds. The highest BCUT2D eigenvalue weighted by Gasteiger charge is 2.36. The lowest BCUT2D eigenvalue weighted by Gasteiger charge is -2.09. The first-order valence-electron chi connectivity index (χ1n) is 6.20. The summed E-state index contributed by atoms with van der Waals surface area (Å²) in [6.45, 7) is 2.20. The number of rotatable bonds is 5. The number of hydrogen-bond donors (Lipinski definition) is 2. The molecule has 0 aromatic carbocycles. The van der Waals surface area contributed by atoms with Crippen LogP contribution >= 0.6 is 0 Å². The Hall–Kier alpha value is -1.58. The smallest absolute Gasteiger partial charge is 0.254 e. The van der Waals surface area contributed by atoms with Crippen molar-refractivity contribution in [3.05, 3.63) is 23.9 Å². The van der Waals surface area contributed by atoms with Crippen molar-refractivity contribution in [2.45, 2.75) is 32.2 Å². The number of carbonyl (C=O) groups is 1. The minimum absolute atomic E-state index is 0.0895. The zero-order valence-electron chi connectivity index (χ0n) is 10.4. The van der Waals surface area contributed by atoms with E-state index in [1.807, 2.05) is 0 Å². The van der Waals surface area contributed by atoms with Crippen LogP contribution in [0.4, 0.5) is 5.82 Å². The molecule has 0 spiro atoms. The van der Waals surface area contributed by atoms with Crippen molar-refractivity contribution in [2.75, 3.05) is 12.4 Å². The first-order chi connectivity index (χ1) is 8.26. The Morgan fingerprint density at radius 2 is 2.41 bits per heavy atom. The van der Waals surface area contributed by atoms with Crippen molar-refractivity contribution in [3.8, 4) is 0 Å². The fourth-order valence-electron chi connectivity index (χ4n) is 2.13. The van der Waals surface area contributed by atoms with Gasteiger partial charge in [-0.1, -0.05) is 13.3 Å². The van der Waals surface area contributed by atoms with Gasteiger partial charge in [-0.3, -0.25) is 4.79 Å². The molecule has 2 N–H and O–H groups in total. The van der Waals surface area contributed by atoms with Crippen LogP contribution in [0.15, 0.2) is 18.3 Å². The van der Waals surface area contributed by atoms with Crippen molar-refractivity contribution >= 4 is 11.7 Å². The van der Waals surface area contributed by atoms with E-state index >= 15 is 0 Å². The Morgan fingerprint density at radius 3 is 3.12 bits per heavy atom. The predicted molar refractivity (Wildman–Crippen MR) is 68.1 cm³/mol. The topological polar surface area (TPSA) is 54.0 Å². The zero-order valence-corrected chi connectivity index (χ0v) is 10.4. The lowest BCUT2D eigenvalue weighted by molar-refractivity contribution is 0.0963. The van der Waals surface area contributed by atoms with Crippen molar-refractivity contribution < 1.29 is 4.79 Å². The van der Waals surface area contributed by atoms with E-state index in [9.17, 15) is 4.79 Å². The van der Waals surface area contributed by atoms with Crippen LogP contribution in [-0.2, 0) is 0 Å². The Bertz CT molecular complexity index is 405. The summed E-state index contributed by atoms with van der Waals surface area (Å²) in [7, 11) is 1.64. The van der Waals surface area contributed by atoms with E-state index in [4.69, 9.17) is 0 Å².